The zero-order valence-corrected chi connectivity index (χ0v) is 6.03. The van der Waals surface area contributed by atoms with Gasteiger partial charge in [0.05, 0.1) is 0 Å². The molecule has 1 rings (SSSR count). The summed E-state index contributed by atoms with van der Waals surface area (Å²) in [6.07, 6.45) is -0.890. The van der Waals surface area contributed by atoms with Crippen LogP contribution < -0.4 is 5.32 Å². The largest absolute Gasteiger partial charge is 0.480 e. The van der Waals surface area contributed by atoms with E-state index in [1.54, 1.807) is 0 Å². The fraction of sp³-hybridized carbons (Fsp3) is 0.800. The van der Waals surface area contributed by atoms with Gasteiger partial charge in [0.1, 0.15) is 12.2 Å². The van der Waals surface area contributed by atoms with Crippen molar-refractivity contribution < 1.29 is 14.3 Å². The Kier molecular flexibility index (Phi) is 3.60. The van der Waals surface area contributed by atoms with Crippen LogP contribution in [0.25, 0.3) is 0 Å². The summed E-state index contributed by atoms with van der Waals surface area (Å²) in [6, 6.07) is -0.968. The van der Waals surface area contributed by atoms with Crippen LogP contribution in [0, 0.1) is 0 Å². The minimum Gasteiger partial charge on any atom is -0.480 e. The van der Waals surface area contributed by atoms with Crippen molar-refractivity contribution >= 4 is 18.4 Å². The highest BCUT2D eigenvalue weighted by atomic mass is 35.5. The molecule has 3 nitrogen and oxygen atoms in total. The number of alkyl halides is 1. The SMILES string of the molecule is Cl.O=C(O)[C@H]1NCC[C@H]1F. The van der Waals surface area contributed by atoms with Crippen LogP contribution in [0.1, 0.15) is 6.42 Å². The second kappa shape index (κ2) is 3.73. The molecule has 5 heteroatoms. The van der Waals surface area contributed by atoms with Crippen molar-refractivity contribution in [3.8, 4) is 0 Å². The first-order valence-electron chi connectivity index (χ1n) is 2.82. The Morgan fingerprint density at radius 3 is 2.50 bits per heavy atom. The molecule has 0 amide bonds. The Morgan fingerprint density at radius 1 is 1.70 bits per heavy atom. The number of carboxylic acids is 1. The van der Waals surface area contributed by atoms with Crippen molar-refractivity contribution in [3.63, 3.8) is 0 Å². The molecule has 1 aliphatic rings. The topological polar surface area (TPSA) is 49.3 Å². The van der Waals surface area contributed by atoms with Gasteiger partial charge in [-0.25, -0.2) is 4.39 Å². The van der Waals surface area contributed by atoms with Gasteiger partial charge in [-0.2, -0.15) is 0 Å². The number of hydrogen-bond acceptors (Lipinski definition) is 2. The zero-order valence-electron chi connectivity index (χ0n) is 5.21. The Bertz CT molecular complexity index is 133. The smallest absolute Gasteiger partial charge is 0.323 e. The first-order valence-corrected chi connectivity index (χ1v) is 2.82. The fourth-order valence-corrected chi connectivity index (χ4v) is 0.913. The van der Waals surface area contributed by atoms with Crippen LogP contribution >= 0.6 is 12.4 Å². The molecule has 0 aromatic carbocycles. The summed E-state index contributed by atoms with van der Waals surface area (Å²) in [6.45, 7) is 0.470. The second-order valence-electron chi connectivity index (χ2n) is 2.07. The van der Waals surface area contributed by atoms with E-state index in [1.165, 1.54) is 0 Å². The number of carbonyl (C=O) groups is 1. The molecule has 10 heavy (non-hydrogen) atoms. The van der Waals surface area contributed by atoms with Crippen molar-refractivity contribution in [1.82, 2.24) is 5.32 Å². The lowest BCUT2D eigenvalue weighted by atomic mass is 10.2. The predicted octanol–water partition coefficient (Wildman–Crippen LogP) is 0.193. The minimum atomic E-state index is -1.21. The summed E-state index contributed by atoms with van der Waals surface area (Å²) in [5, 5.41) is 10.8. The standard InChI is InChI=1S/C5H8FNO2.ClH/c6-3-1-2-7-4(3)5(8)9;/h3-4,7H,1-2H2,(H,8,9);1H/t3-,4+;/m1./s1. The Hall–Kier alpha value is -0.350. The van der Waals surface area contributed by atoms with E-state index in [9.17, 15) is 9.18 Å². The van der Waals surface area contributed by atoms with Crippen LogP contribution in [-0.2, 0) is 4.79 Å². The average molecular weight is 170 g/mol. The third-order valence-electron chi connectivity index (χ3n) is 1.41. The number of carboxylic acid groups (broad SMARTS) is 1. The van der Waals surface area contributed by atoms with Crippen molar-refractivity contribution in [2.75, 3.05) is 6.54 Å². The van der Waals surface area contributed by atoms with Gasteiger partial charge in [0, 0.05) is 0 Å². The summed E-state index contributed by atoms with van der Waals surface area (Å²) in [7, 11) is 0. The third kappa shape index (κ3) is 1.82. The molecule has 0 saturated carbocycles. The molecule has 1 aliphatic heterocycles. The highest BCUT2D eigenvalue weighted by molar-refractivity contribution is 5.85. The number of nitrogens with one attached hydrogen (secondary N) is 1. The van der Waals surface area contributed by atoms with Gasteiger partial charge >= 0.3 is 5.97 Å². The van der Waals surface area contributed by atoms with Gasteiger partial charge in [0.15, 0.2) is 0 Å². The zero-order chi connectivity index (χ0) is 6.85. The molecule has 2 N–H and O–H groups in total. The van der Waals surface area contributed by atoms with E-state index in [-0.39, 0.29) is 12.4 Å². The van der Waals surface area contributed by atoms with Crippen molar-refractivity contribution in [1.29, 1.82) is 0 Å². The summed E-state index contributed by atoms with van der Waals surface area (Å²) in [5.41, 5.74) is 0. The maximum Gasteiger partial charge on any atom is 0.323 e. The molecule has 0 spiro atoms. The van der Waals surface area contributed by atoms with E-state index in [1.807, 2.05) is 0 Å². The molecule has 1 heterocycles. The maximum atomic E-state index is 12.4. The van der Waals surface area contributed by atoms with Crippen LogP contribution in [0.3, 0.4) is 0 Å². The summed E-state index contributed by atoms with van der Waals surface area (Å²) in [5.74, 6) is -1.10. The first kappa shape index (κ1) is 9.65. The van der Waals surface area contributed by atoms with Crippen molar-refractivity contribution in [2.45, 2.75) is 18.6 Å². The summed E-state index contributed by atoms with van der Waals surface area (Å²) < 4.78 is 12.4. The van der Waals surface area contributed by atoms with E-state index >= 15 is 0 Å². The molecule has 0 aliphatic carbocycles. The van der Waals surface area contributed by atoms with Crippen LogP contribution in [-0.4, -0.2) is 29.8 Å². The number of aliphatic carboxylic acids is 1. The molecule has 1 fully saturated rings. The lowest BCUT2D eigenvalue weighted by Crippen LogP contribution is -2.36. The molecular formula is C5H9ClFNO2. The first-order chi connectivity index (χ1) is 4.22. The third-order valence-corrected chi connectivity index (χ3v) is 1.41. The molecule has 60 valence electrons. The van der Waals surface area contributed by atoms with E-state index in [0.29, 0.717) is 13.0 Å². The molecule has 0 radical (unpaired) electrons. The number of hydrogen-bond donors (Lipinski definition) is 2. The normalized spacial score (nSPS) is 31.3. The lowest BCUT2D eigenvalue weighted by Gasteiger charge is -2.04. The lowest BCUT2D eigenvalue weighted by molar-refractivity contribution is -0.140. The molecule has 0 aromatic rings. The maximum absolute atomic E-state index is 12.4. The molecule has 0 aromatic heterocycles. The fourth-order valence-electron chi connectivity index (χ4n) is 0.913. The molecule has 0 bridgehead atoms. The van der Waals surface area contributed by atoms with E-state index in [2.05, 4.69) is 5.32 Å². The van der Waals surface area contributed by atoms with Gasteiger partial charge in [-0.1, -0.05) is 0 Å². The average Bonchev–Trinajstić information content (AvgIpc) is 2.13. The van der Waals surface area contributed by atoms with Gasteiger partial charge in [0.2, 0.25) is 0 Å². The second-order valence-corrected chi connectivity index (χ2v) is 2.07. The highest BCUT2D eigenvalue weighted by Gasteiger charge is 2.32. The molecule has 0 unspecified atom stereocenters. The van der Waals surface area contributed by atoms with Crippen LogP contribution in [0.15, 0.2) is 0 Å². The molecule has 2 atom stereocenters. The monoisotopic (exact) mass is 169 g/mol. The van der Waals surface area contributed by atoms with Gasteiger partial charge < -0.3 is 10.4 Å². The van der Waals surface area contributed by atoms with E-state index in [4.69, 9.17) is 5.11 Å². The Labute approximate surface area is 64.0 Å². The van der Waals surface area contributed by atoms with Crippen LogP contribution in [0.4, 0.5) is 4.39 Å². The molecule has 1 saturated heterocycles. The van der Waals surface area contributed by atoms with Gasteiger partial charge in [-0.3, -0.25) is 4.79 Å². The van der Waals surface area contributed by atoms with Crippen LogP contribution in [0.2, 0.25) is 0 Å². The number of rotatable bonds is 1. The van der Waals surface area contributed by atoms with Crippen molar-refractivity contribution in [3.05, 3.63) is 0 Å². The Morgan fingerprint density at radius 2 is 2.30 bits per heavy atom. The number of halogens is 2. The minimum absolute atomic E-state index is 0. The van der Waals surface area contributed by atoms with Crippen molar-refractivity contribution in [2.24, 2.45) is 0 Å². The van der Waals surface area contributed by atoms with Crippen LogP contribution in [0.5, 0.6) is 0 Å². The molecular weight excluding hydrogens is 161 g/mol. The van der Waals surface area contributed by atoms with Gasteiger partial charge in [-0.05, 0) is 13.0 Å². The Balaban J connectivity index is 0.000000810. The van der Waals surface area contributed by atoms with E-state index in [0.717, 1.165) is 0 Å². The highest BCUT2D eigenvalue weighted by Crippen LogP contribution is 2.10. The summed E-state index contributed by atoms with van der Waals surface area (Å²) in [4.78, 5) is 10.1. The van der Waals surface area contributed by atoms with E-state index < -0.39 is 18.2 Å². The summed E-state index contributed by atoms with van der Waals surface area (Å²) >= 11 is 0. The predicted molar refractivity (Wildman–Crippen MR) is 36.2 cm³/mol. The van der Waals surface area contributed by atoms with Gasteiger partial charge in [0.25, 0.3) is 0 Å². The quantitative estimate of drug-likeness (QED) is 0.589. The van der Waals surface area contributed by atoms with Gasteiger partial charge in [-0.15, -0.1) is 12.4 Å².